The average molecular weight is 295 g/mol. The number of hydrogen-bond acceptors (Lipinski definition) is 3. The lowest BCUT2D eigenvalue weighted by Gasteiger charge is -2.30. The number of methoxy groups -OCH3 is 1. The van der Waals surface area contributed by atoms with Crippen molar-refractivity contribution in [1.82, 2.24) is 0 Å². The third kappa shape index (κ3) is 3.73. The summed E-state index contributed by atoms with van der Waals surface area (Å²) in [5.74, 6) is -1.04. The number of carboxylic acid groups (broad SMARTS) is 1. The van der Waals surface area contributed by atoms with Gasteiger partial charge in [-0.1, -0.05) is 18.9 Å². The summed E-state index contributed by atoms with van der Waals surface area (Å²) < 4.78 is 18.6. The molecule has 1 fully saturated rings. The smallest absolute Gasteiger partial charge is 0.303 e. The van der Waals surface area contributed by atoms with Crippen molar-refractivity contribution in [1.29, 1.82) is 0 Å². The Labute approximate surface area is 124 Å². The molecule has 5 heteroatoms. The lowest BCUT2D eigenvalue weighted by molar-refractivity contribution is -0.139. The van der Waals surface area contributed by atoms with Crippen LogP contribution >= 0.6 is 0 Å². The maximum atomic E-state index is 13.8. The summed E-state index contributed by atoms with van der Waals surface area (Å²) in [6, 6.07) is 4.33. The van der Waals surface area contributed by atoms with Crippen molar-refractivity contribution in [2.75, 3.05) is 7.11 Å². The van der Waals surface area contributed by atoms with E-state index >= 15 is 0 Å². The molecule has 1 aromatic carbocycles. The van der Waals surface area contributed by atoms with E-state index in [9.17, 15) is 9.18 Å². The summed E-state index contributed by atoms with van der Waals surface area (Å²) >= 11 is 0. The van der Waals surface area contributed by atoms with Gasteiger partial charge in [-0.3, -0.25) is 4.79 Å². The van der Waals surface area contributed by atoms with Crippen molar-refractivity contribution in [3.8, 4) is 5.75 Å². The second-order valence-electron chi connectivity index (χ2n) is 5.98. The van der Waals surface area contributed by atoms with Gasteiger partial charge in [0, 0.05) is 6.04 Å². The highest BCUT2D eigenvalue weighted by Gasteiger charge is 2.37. The Bertz CT molecular complexity index is 512. The van der Waals surface area contributed by atoms with E-state index in [1.54, 1.807) is 12.1 Å². The van der Waals surface area contributed by atoms with Crippen LogP contribution in [0.25, 0.3) is 0 Å². The van der Waals surface area contributed by atoms with Crippen LogP contribution in [0.15, 0.2) is 18.2 Å². The van der Waals surface area contributed by atoms with Gasteiger partial charge in [-0.25, -0.2) is 4.39 Å². The van der Waals surface area contributed by atoms with Crippen molar-refractivity contribution >= 4 is 5.97 Å². The van der Waals surface area contributed by atoms with E-state index in [1.807, 2.05) is 0 Å². The second kappa shape index (κ2) is 6.43. The predicted molar refractivity (Wildman–Crippen MR) is 77.7 cm³/mol. The first kappa shape index (κ1) is 15.8. The highest BCUT2D eigenvalue weighted by molar-refractivity contribution is 5.67. The summed E-state index contributed by atoms with van der Waals surface area (Å²) in [4.78, 5) is 11.1. The highest BCUT2D eigenvalue weighted by Crippen LogP contribution is 2.46. The summed E-state index contributed by atoms with van der Waals surface area (Å²) in [6.07, 6.45) is 4.55. The van der Waals surface area contributed by atoms with Gasteiger partial charge in [0.25, 0.3) is 0 Å². The van der Waals surface area contributed by atoms with Crippen LogP contribution in [0.1, 0.15) is 50.1 Å². The molecule has 1 unspecified atom stereocenters. The number of carbonyl (C=O) groups is 1. The Hall–Kier alpha value is -1.62. The number of aliphatic carboxylic acids is 1. The molecule has 1 aliphatic rings. The maximum Gasteiger partial charge on any atom is 0.303 e. The van der Waals surface area contributed by atoms with Crippen LogP contribution in [0, 0.1) is 11.2 Å². The van der Waals surface area contributed by atoms with Gasteiger partial charge in [-0.15, -0.1) is 0 Å². The molecule has 0 heterocycles. The zero-order chi connectivity index (χ0) is 15.5. The van der Waals surface area contributed by atoms with Crippen molar-refractivity contribution in [3.63, 3.8) is 0 Å². The van der Waals surface area contributed by atoms with Crippen LogP contribution in [0.4, 0.5) is 4.39 Å². The molecule has 3 N–H and O–H groups in total. The molecule has 1 aliphatic carbocycles. The fourth-order valence-corrected chi connectivity index (χ4v) is 3.40. The minimum absolute atomic E-state index is 0.138. The average Bonchev–Trinajstić information content (AvgIpc) is 2.85. The van der Waals surface area contributed by atoms with Crippen LogP contribution in [0.5, 0.6) is 5.75 Å². The molecule has 4 nitrogen and oxygen atoms in total. The number of rotatable bonds is 6. The Morgan fingerprint density at radius 3 is 2.67 bits per heavy atom. The van der Waals surface area contributed by atoms with E-state index in [0.717, 1.165) is 25.7 Å². The van der Waals surface area contributed by atoms with E-state index in [-0.39, 0.29) is 23.6 Å². The number of hydrogen-bond donors (Lipinski definition) is 2. The minimum Gasteiger partial charge on any atom is -0.494 e. The van der Waals surface area contributed by atoms with Crippen molar-refractivity contribution < 1.29 is 19.0 Å². The maximum absolute atomic E-state index is 13.8. The SMILES string of the molecule is COc1ccc(C(N)CC2(CC(=O)O)CCCC2)cc1F. The summed E-state index contributed by atoms with van der Waals surface area (Å²) in [5, 5.41) is 9.12. The van der Waals surface area contributed by atoms with Crippen molar-refractivity contribution in [2.24, 2.45) is 11.1 Å². The Kier molecular flexibility index (Phi) is 4.83. The van der Waals surface area contributed by atoms with Gasteiger partial charge in [0.15, 0.2) is 11.6 Å². The van der Waals surface area contributed by atoms with Gasteiger partial charge < -0.3 is 15.6 Å². The van der Waals surface area contributed by atoms with E-state index in [0.29, 0.717) is 12.0 Å². The topological polar surface area (TPSA) is 72.5 Å². The molecule has 0 saturated heterocycles. The van der Waals surface area contributed by atoms with Gasteiger partial charge in [0.05, 0.1) is 13.5 Å². The fraction of sp³-hybridized carbons (Fsp3) is 0.562. The van der Waals surface area contributed by atoms with E-state index in [1.165, 1.54) is 13.2 Å². The highest BCUT2D eigenvalue weighted by atomic mass is 19.1. The standard InChI is InChI=1S/C16H22FNO3/c1-21-14-5-4-11(8-12(14)17)13(18)9-16(10-15(19)20)6-2-3-7-16/h4-5,8,13H,2-3,6-7,9-10,18H2,1H3,(H,19,20). The largest absolute Gasteiger partial charge is 0.494 e. The van der Waals surface area contributed by atoms with E-state index in [4.69, 9.17) is 15.6 Å². The van der Waals surface area contributed by atoms with Gasteiger partial charge in [-0.2, -0.15) is 0 Å². The molecule has 1 saturated carbocycles. The Morgan fingerprint density at radius 1 is 1.48 bits per heavy atom. The van der Waals surface area contributed by atoms with Crippen LogP contribution in [-0.2, 0) is 4.79 Å². The van der Waals surface area contributed by atoms with Gasteiger partial charge in [-0.05, 0) is 42.4 Å². The number of benzene rings is 1. The Morgan fingerprint density at radius 2 is 2.14 bits per heavy atom. The first-order valence-corrected chi connectivity index (χ1v) is 7.27. The molecule has 2 rings (SSSR count). The van der Waals surface area contributed by atoms with E-state index in [2.05, 4.69) is 0 Å². The molecule has 1 aromatic rings. The molecular formula is C16H22FNO3. The minimum atomic E-state index is -0.787. The first-order chi connectivity index (χ1) is 9.96. The van der Waals surface area contributed by atoms with Crippen LogP contribution in [0.2, 0.25) is 0 Å². The van der Waals surface area contributed by atoms with Gasteiger partial charge in [0.2, 0.25) is 0 Å². The molecular weight excluding hydrogens is 273 g/mol. The molecule has 0 aliphatic heterocycles. The van der Waals surface area contributed by atoms with Crippen LogP contribution in [0.3, 0.4) is 0 Å². The number of nitrogens with two attached hydrogens (primary N) is 1. The summed E-state index contributed by atoms with van der Waals surface area (Å²) in [5.41, 5.74) is 6.63. The van der Waals surface area contributed by atoms with Crippen LogP contribution < -0.4 is 10.5 Å². The monoisotopic (exact) mass is 295 g/mol. The van der Waals surface area contributed by atoms with Gasteiger partial charge in [0.1, 0.15) is 0 Å². The summed E-state index contributed by atoms with van der Waals surface area (Å²) in [7, 11) is 1.42. The third-order valence-electron chi connectivity index (χ3n) is 4.45. The molecule has 0 aromatic heterocycles. The number of halogens is 1. The molecule has 0 radical (unpaired) electrons. The fourth-order valence-electron chi connectivity index (χ4n) is 3.40. The Balaban J connectivity index is 2.13. The lowest BCUT2D eigenvalue weighted by Crippen LogP contribution is -2.27. The molecule has 0 amide bonds. The molecule has 1 atom stereocenters. The molecule has 21 heavy (non-hydrogen) atoms. The zero-order valence-electron chi connectivity index (χ0n) is 12.3. The normalized spacial score (nSPS) is 18.4. The van der Waals surface area contributed by atoms with Gasteiger partial charge >= 0.3 is 5.97 Å². The molecule has 0 bridgehead atoms. The van der Waals surface area contributed by atoms with Crippen LogP contribution in [-0.4, -0.2) is 18.2 Å². The number of carboxylic acids is 1. The predicted octanol–water partition coefficient (Wildman–Crippen LogP) is 3.26. The van der Waals surface area contributed by atoms with Crippen molar-refractivity contribution in [2.45, 2.75) is 44.6 Å². The zero-order valence-corrected chi connectivity index (χ0v) is 12.3. The van der Waals surface area contributed by atoms with E-state index < -0.39 is 11.8 Å². The van der Waals surface area contributed by atoms with Crippen molar-refractivity contribution in [3.05, 3.63) is 29.6 Å². The quantitative estimate of drug-likeness (QED) is 0.845. The second-order valence-corrected chi connectivity index (χ2v) is 5.98. The summed E-state index contributed by atoms with van der Waals surface area (Å²) in [6.45, 7) is 0. The molecule has 116 valence electrons. The first-order valence-electron chi connectivity index (χ1n) is 7.27. The molecule has 0 spiro atoms. The lowest BCUT2D eigenvalue weighted by atomic mass is 9.76. The number of ether oxygens (including phenoxy) is 1. The third-order valence-corrected chi connectivity index (χ3v) is 4.45.